The minimum Gasteiger partial charge on any atom is -0.497 e. The van der Waals surface area contributed by atoms with Crippen molar-refractivity contribution in [2.75, 3.05) is 25.1 Å². The molecule has 2 nitrogen and oxygen atoms in total. The predicted octanol–water partition coefficient (Wildman–Crippen LogP) is 3.30. The van der Waals surface area contributed by atoms with Gasteiger partial charge in [0.25, 0.3) is 0 Å². The lowest BCUT2D eigenvalue weighted by molar-refractivity contribution is 0.394. The number of rotatable bonds is 3. The minimum atomic E-state index is 0.864. The van der Waals surface area contributed by atoms with E-state index in [1.807, 2.05) is 12.1 Å². The Morgan fingerprint density at radius 2 is 2.20 bits per heavy atom. The van der Waals surface area contributed by atoms with E-state index in [0.29, 0.717) is 0 Å². The van der Waals surface area contributed by atoms with Gasteiger partial charge in [-0.3, -0.25) is 0 Å². The smallest absolute Gasteiger partial charge is 0.121 e. The summed E-state index contributed by atoms with van der Waals surface area (Å²) in [5.74, 6) is 1.79. The van der Waals surface area contributed by atoms with Crippen LogP contribution in [-0.4, -0.2) is 20.2 Å². The number of ether oxygens (including phenoxy) is 1. The van der Waals surface area contributed by atoms with Crippen LogP contribution in [0.2, 0.25) is 0 Å². The molecule has 1 aromatic carbocycles. The molecule has 3 heteroatoms. The summed E-state index contributed by atoms with van der Waals surface area (Å²) >= 11 is 3.58. The highest BCUT2D eigenvalue weighted by Crippen LogP contribution is 2.35. The van der Waals surface area contributed by atoms with Crippen LogP contribution in [0.3, 0.4) is 0 Å². The first-order chi connectivity index (χ1) is 7.24. The fourth-order valence-electron chi connectivity index (χ4n) is 1.89. The number of methoxy groups -OCH3 is 1. The summed E-state index contributed by atoms with van der Waals surface area (Å²) in [4.78, 5) is 2.39. The molecule has 82 valence electrons. The summed E-state index contributed by atoms with van der Waals surface area (Å²) in [6.45, 7) is 4.59. The average molecular weight is 270 g/mol. The number of halogens is 1. The van der Waals surface area contributed by atoms with Gasteiger partial charge < -0.3 is 9.64 Å². The summed E-state index contributed by atoms with van der Waals surface area (Å²) in [6, 6.07) is 6.12. The molecule has 1 aliphatic rings. The average Bonchev–Trinajstić information content (AvgIpc) is 2.19. The first-order valence-corrected chi connectivity index (χ1v) is 6.12. The van der Waals surface area contributed by atoms with Gasteiger partial charge in [-0.15, -0.1) is 0 Å². The summed E-state index contributed by atoms with van der Waals surface area (Å²) in [5.41, 5.74) is 1.25. The van der Waals surface area contributed by atoms with Crippen LogP contribution < -0.4 is 9.64 Å². The molecule has 1 aromatic rings. The molecule has 0 atom stereocenters. The molecule has 0 aromatic heterocycles. The Balaban J connectivity index is 2.14. The highest BCUT2D eigenvalue weighted by molar-refractivity contribution is 9.10. The number of anilines is 1. The lowest BCUT2D eigenvalue weighted by Gasteiger charge is -2.41. The van der Waals surface area contributed by atoms with E-state index in [1.54, 1.807) is 7.11 Å². The molecule has 0 bridgehead atoms. The highest BCUT2D eigenvalue weighted by Gasteiger charge is 2.26. The molecule has 0 N–H and O–H groups in total. The van der Waals surface area contributed by atoms with Gasteiger partial charge in [0.15, 0.2) is 0 Å². The summed E-state index contributed by atoms with van der Waals surface area (Å²) in [7, 11) is 1.71. The normalized spacial score (nSPS) is 16.3. The number of hydrogen-bond donors (Lipinski definition) is 0. The Kier molecular flexibility index (Phi) is 3.19. The zero-order valence-corrected chi connectivity index (χ0v) is 10.8. The van der Waals surface area contributed by atoms with Gasteiger partial charge in [0.1, 0.15) is 5.75 Å². The van der Waals surface area contributed by atoms with Crippen molar-refractivity contribution in [1.29, 1.82) is 0 Å². The van der Waals surface area contributed by atoms with E-state index < -0.39 is 0 Å². The van der Waals surface area contributed by atoms with Gasteiger partial charge in [-0.1, -0.05) is 6.92 Å². The van der Waals surface area contributed by atoms with Crippen molar-refractivity contribution in [3.8, 4) is 5.75 Å². The second-order valence-electron chi connectivity index (χ2n) is 4.00. The van der Waals surface area contributed by atoms with Crippen LogP contribution in [0.1, 0.15) is 13.3 Å². The molecule has 15 heavy (non-hydrogen) atoms. The Morgan fingerprint density at radius 1 is 1.47 bits per heavy atom. The summed E-state index contributed by atoms with van der Waals surface area (Å²) in [6.07, 6.45) is 1.28. The predicted molar refractivity (Wildman–Crippen MR) is 66.7 cm³/mol. The second-order valence-corrected chi connectivity index (χ2v) is 4.85. The van der Waals surface area contributed by atoms with Gasteiger partial charge in [-0.2, -0.15) is 0 Å². The fraction of sp³-hybridized carbons (Fsp3) is 0.500. The van der Waals surface area contributed by atoms with Crippen molar-refractivity contribution < 1.29 is 4.74 Å². The van der Waals surface area contributed by atoms with E-state index in [4.69, 9.17) is 4.74 Å². The van der Waals surface area contributed by atoms with Gasteiger partial charge in [0.05, 0.1) is 12.8 Å². The Bertz CT molecular complexity index is 347. The van der Waals surface area contributed by atoms with Crippen LogP contribution in [0.5, 0.6) is 5.75 Å². The van der Waals surface area contributed by atoms with Crippen molar-refractivity contribution in [2.24, 2.45) is 5.92 Å². The molecule has 0 radical (unpaired) electrons. The van der Waals surface area contributed by atoms with Crippen molar-refractivity contribution in [3.05, 3.63) is 22.7 Å². The zero-order valence-electron chi connectivity index (χ0n) is 9.16. The maximum absolute atomic E-state index is 5.23. The van der Waals surface area contributed by atoms with Crippen molar-refractivity contribution in [2.45, 2.75) is 13.3 Å². The third kappa shape index (κ3) is 2.12. The van der Waals surface area contributed by atoms with Gasteiger partial charge >= 0.3 is 0 Å². The highest BCUT2D eigenvalue weighted by atomic mass is 79.9. The summed E-state index contributed by atoms with van der Waals surface area (Å²) < 4.78 is 6.39. The fourth-order valence-corrected chi connectivity index (χ4v) is 2.38. The molecule has 0 aliphatic carbocycles. The number of hydrogen-bond acceptors (Lipinski definition) is 2. The topological polar surface area (TPSA) is 12.5 Å². The van der Waals surface area contributed by atoms with Crippen LogP contribution in [0.25, 0.3) is 0 Å². The number of nitrogens with zero attached hydrogens (tertiary/aromatic N) is 1. The molecule has 0 saturated carbocycles. The van der Waals surface area contributed by atoms with Gasteiger partial charge in [0, 0.05) is 23.6 Å². The Morgan fingerprint density at radius 3 is 2.80 bits per heavy atom. The van der Waals surface area contributed by atoms with Crippen LogP contribution in [0.15, 0.2) is 22.7 Å². The van der Waals surface area contributed by atoms with Crippen LogP contribution in [-0.2, 0) is 0 Å². The van der Waals surface area contributed by atoms with E-state index in [9.17, 15) is 0 Å². The van der Waals surface area contributed by atoms with E-state index in [1.165, 1.54) is 25.2 Å². The molecule has 0 unspecified atom stereocenters. The first kappa shape index (κ1) is 10.8. The van der Waals surface area contributed by atoms with Crippen LogP contribution in [0, 0.1) is 5.92 Å². The van der Waals surface area contributed by atoms with E-state index >= 15 is 0 Å². The molecular weight excluding hydrogens is 254 g/mol. The van der Waals surface area contributed by atoms with Crippen molar-refractivity contribution in [3.63, 3.8) is 0 Å². The molecule has 1 fully saturated rings. The maximum Gasteiger partial charge on any atom is 0.121 e. The quantitative estimate of drug-likeness (QED) is 0.835. The second kappa shape index (κ2) is 4.44. The Hall–Kier alpha value is -0.700. The van der Waals surface area contributed by atoms with E-state index in [0.717, 1.165) is 16.1 Å². The third-order valence-corrected chi connectivity index (χ3v) is 3.70. The minimum absolute atomic E-state index is 0.864. The SMILES string of the molecule is CCC1CN(c2cc(OC)ccc2Br)C1. The molecule has 0 amide bonds. The van der Waals surface area contributed by atoms with Crippen LogP contribution >= 0.6 is 15.9 Å². The third-order valence-electron chi connectivity index (χ3n) is 3.03. The van der Waals surface area contributed by atoms with E-state index in [2.05, 4.69) is 33.8 Å². The van der Waals surface area contributed by atoms with E-state index in [-0.39, 0.29) is 0 Å². The molecule has 2 rings (SSSR count). The first-order valence-electron chi connectivity index (χ1n) is 5.33. The van der Waals surface area contributed by atoms with Crippen molar-refractivity contribution >= 4 is 21.6 Å². The van der Waals surface area contributed by atoms with Gasteiger partial charge in [-0.25, -0.2) is 0 Å². The Labute approximate surface area is 99.4 Å². The van der Waals surface area contributed by atoms with Crippen molar-refractivity contribution in [1.82, 2.24) is 0 Å². The van der Waals surface area contributed by atoms with Gasteiger partial charge in [0.2, 0.25) is 0 Å². The standard InChI is InChI=1S/C12H16BrNO/c1-3-9-7-14(8-9)12-6-10(15-2)4-5-11(12)13/h4-6,9H,3,7-8H2,1-2H3. The lowest BCUT2D eigenvalue weighted by Crippen LogP contribution is -2.46. The molecule has 1 heterocycles. The molecule has 0 spiro atoms. The summed E-state index contributed by atoms with van der Waals surface area (Å²) in [5, 5.41) is 0. The molecule has 1 aliphatic heterocycles. The van der Waals surface area contributed by atoms with Crippen LogP contribution in [0.4, 0.5) is 5.69 Å². The van der Waals surface area contributed by atoms with Gasteiger partial charge in [-0.05, 0) is 40.4 Å². The lowest BCUT2D eigenvalue weighted by atomic mass is 9.96. The maximum atomic E-state index is 5.23. The molecular formula is C12H16BrNO. The zero-order chi connectivity index (χ0) is 10.8. The number of benzene rings is 1. The largest absolute Gasteiger partial charge is 0.497 e. The molecule has 1 saturated heterocycles. The monoisotopic (exact) mass is 269 g/mol.